The van der Waals surface area contributed by atoms with Gasteiger partial charge in [-0.25, -0.2) is 9.78 Å². The number of ether oxygens (including phenoxy) is 2. The zero-order valence-corrected chi connectivity index (χ0v) is 19.8. The quantitative estimate of drug-likeness (QED) is 0.398. The summed E-state index contributed by atoms with van der Waals surface area (Å²) in [5.41, 5.74) is 6.17. The molecule has 0 unspecified atom stereocenters. The number of nitrogens with one attached hydrogen (secondary N) is 1. The molecule has 1 heterocycles. The zero-order valence-electron chi connectivity index (χ0n) is 19.8. The lowest BCUT2D eigenvalue weighted by Gasteiger charge is -2.14. The second-order valence-corrected chi connectivity index (χ2v) is 8.32. The van der Waals surface area contributed by atoms with Crippen molar-refractivity contribution < 1.29 is 14.3 Å². The molecule has 0 radical (unpaired) electrons. The minimum absolute atomic E-state index is 0.347. The molecule has 0 spiro atoms. The van der Waals surface area contributed by atoms with Gasteiger partial charge in [-0.3, -0.25) is 10.3 Å². The highest BCUT2D eigenvalue weighted by Gasteiger charge is 2.16. The first-order valence-corrected chi connectivity index (χ1v) is 11.1. The molecule has 1 amide bonds. The van der Waals surface area contributed by atoms with Gasteiger partial charge in [-0.15, -0.1) is 0 Å². The van der Waals surface area contributed by atoms with Crippen LogP contribution in [0.3, 0.4) is 0 Å². The Kier molecular flexibility index (Phi) is 7.04. The van der Waals surface area contributed by atoms with Crippen LogP contribution in [-0.2, 0) is 0 Å². The molecule has 1 aromatic heterocycles. The molecule has 0 aliphatic rings. The number of anilines is 1. The maximum atomic E-state index is 12.6. The summed E-state index contributed by atoms with van der Waals surface area (Å²) in [5.74, 6) is 1.09. The predicted molar refractivity (Wildman–Crippen MR) is 135 cm³/mol. The van der Waals surface area contributed by atoms with E-state index in [2.05, 4.69) is 46.2 Å². The fourth-order valence-electron chi connectivity index (χ4n) is 3.78. The van der Waals surface area contributed by atoms with E-state index in [-0.39, 0.29) is 0 Å². The topological polar surface area (TPSA) is 76.6 Å². The number of nitrogens with zero attached hydrogens (tertiary/aromatic N) is 3. The molecule has 0 saturated heterocycles. The molecule has 3 aromatic carbocycles. The van der Waals surface area contributed by atoms with Gasteiger partial charge in [0.15, 0.2) is 5.75 Å². The van der Waals surface area contributed by atoms with E-state index in [0.29, 0.717) is 29.1 Å². The van der Waals surface area contributed by atoms with Gasteiger partial charge >= 0.3 is 6.09 Å². The number of carbonyl (C=O) groups excluding carboxylic acids is 1. The summed E-state index contributed by atoms with van der Waals surface area (Å²) in [7, 11) is 3.99. The summed E-state index contributed by atoms with van der Waals surface area (Å²) in [6.45, 7) is 5.56. The average molecular weight is 457 g/mol. The third-order valence-electron chi connectivity index (χ3n) is 5.45. The van der Waals surface area contributed by atoms with E-state index in [0.717, 1.165) is 34.5 Å². The number of amides is 1. The van der Waals surface area contributed by atoms with Gasteiger partial charge in [-0.05, 0) is 81.0 Å². The molecular weight excluding hydrogens is 428 g/mol. The summed E-state index contributed by atoms with van der Waals surface area (Å²) in [4.78, 5) is 23.6. The van der Waals surface area contributed by atoms with Gasteiger partial charge in [-0.1, -0.05) is 18.2 Å². The van der Waals surface area contributed by atoms with E-state index < -0.39 is 6.09 Å². The van der Waals surface area contributed by atoms with E-state index in [1.165, 1.54) is 0 Å². The summed E-state index contributed by atoms with van der Waals surface area (Å²) in [6.07, 6.45) is 2.63. The van der Waals surface area contributed by atoms with Crippen molar-refractivity contribution in [3.63, 3.8) is 0 Å². The van der Waals surface area contributed by atoms with Crippen LogP contribution in [-0.4, -0.2) is 48.2 Å². The molecule has 4 aromatic rings. The number of hydrogen-bond donors (Lipinski definition) is 1. The van der Waals surface area contributed by atoms with Crippen molar-refractivity contribution in [3.05, 3.63) is 78.1 Å². The maximum absolute atomic E-state index is 12.6. The van der Waals surface area contributed by atoms with Crippen molar-refractivity contribution in [1.82, 2.24) is 14.9 Å². The standard InChI is InChI=1S/C27H28N4O3/c1-18-6-5-7-19(2)24(18)22-12-13-23(26-25(22)28-14-15-29-26)34-27(32)30-20-8-10-21(11-9-20)33-17-16-31(3)4/h5-15H,16-17H2,1-4H3,(H,30,32). The van der Waals surface area contributed by atoms with Crippen LogP contribution in [0.5, 0.6) is 11.5 Å². The molecule has 174 valence electrons. The van der Waals surface area contributed by atoms with Gasteiger partial charge in [0.2, 0.25) is 0 Å². The SMILES string of the molecule is Cc1cccc(C)c1-c1ccc(OC(=O)Nc2ccc(OCCN(C)C)cc2)c2nccnc12. The van der Waals surface area contributed by atoms with Crippen LogP contribution < -0.4 is 14.8 Å². The first-order chi connectivity index (χ1) is 16.4. The molecule has 0 bridgehead atoms. The molecule has 0 aliphatic heterocycles. The molecule has 0 fully saturated rings. The highest BCUT2D eigenvalue weighted by Crippen LogP contribution is 2.35. The van der Waals surface area contributed by atoms with Gasteiger partial charge in [0.05, 0.1) is 0 Å². The number of benzene rings is 3. The Morgan fingerprint density at radius 2 is 1.59 bits per heavy atom. The Bertz CT molecular complexity index is 1280. The third-order valence-corrected chi connectivity index (χ3v) is 5.45. The molecule has 7 heteroatoms. The monoisotopic (exact) mass is 456 g/mol. The fourth-order valence-corrected chi connectivity index (χ4v) is 3.78. The molecule has 34 heavy (non-hydrogen) atoms. The minimum atomic E-state index is -0.604. The third kappa shape index (κ3) is 5.32. The van der Waals surface area contributed by atoms with E-state index in [4.69, 9.17) is 9.47 Å². The molecule has 7 nitrogen and oxygen atoms in total. The van der Waals surface area contributed by atoms with Crippen LogP contribution in [0.4, 0.5) is 10.5 Å². The van der Waals surface area contributed by atoms with Gasteiger partial charge < -0.3 is 14.4 Å². The van der Waals surface area contributed by atoms with Crippen molar-refractivity contribution in [1.29, 1.82) is 0 Å². The molecule has 1 N–H and O–H groups in total. The molecule has 4 rings (SSSR count). The van der Waals surface area contributed by atoms with E-state index in [1.807, 2.05) is 38.4 Å². The summed E-state index contributed by atoms with van der Waals surface area (Å²) >= 11 is 0. The van der Waals surface area contributed by atoms with E-state index in [1.54, 1.807) is 30.6 Å². The predicted octanol–water partition coefficient (Wildman–Crippen LogP) is 5.46. The number of fused-ring (bicyclic) bond motifs is 1. The second-order valence-electron chi connectivity index (χ2n) is 8.32. The Balaban J connectivity index is 1.51. The van der Waals surface area contributed by atoms with Crippen molar-refractivity contribution in [3.8, 4) is 22.6 Å². The van der Waals surface area contributed by atoms with Crippen LogP contribution in [0.1, 0.15) is 11.1 Å². The Labute approximate surface area is 199 Å². The Hall–Kier alpha value is -3.97. The summed E-state index contributed by atoms with van der Waals surface area (Å²) in [5, 5.41) is 2.75. The van der Waals surface area contributed by atoms with Crippen molar-refractivity contribution in [2.45, 2.75) is 13.8 Å². The number of aryl methyl sites for hydroxylation is 2. The van der Waals surface area contributed by atoms with Gasteiger partial charge in [-0.2, -0.15) is 0 Å². The van der Waals surface area contributed by atoms with Crippen molar-refractivity contribution in [2.24, 2.45) is 0 Å². The number of hydrogen-bond acceptors (Lipinski definition) is 6. The molecule has 0 saturated carbocycles. The van der Waals surface area contributed by atoms with Crippen molar-refractivity contribution >= 4 is 22.8 Å². The molecular formula is C27H28N4O3. The lowest BCUT2D eigenvalue weighted by Crippen LogP contribution is -2.19. The van der Waals surface area contributed by atoms with Crippen LogP contribution in [0.25, 0.3) is 22.2 Å². The molecule has 0 atom stereocenters. The Morgan fingerprint density at radius 3 is 2.26 bits per heavy atom. The minimum Gasteiger partial charge on any atom is -0.492 e. The largest absolute Gasteiger partial charge is 0.492 e. The highest BCUT2D eigenvalue weighted by atomic mass is 16.6. The first-order valence-electron chi connectivity index (χ1n) is 11.1. The Morgan fingerprint density at radius 1 is 0.912 bits per heavy atom. The normalized spacial score (nSPS) is 11.0. The molecule has 0 aliphatic carbocycles. The van der Waals surface area contributed by atoms with Crippen LogP contribution >= 0.6 is 0 Å². The number of aromatic nitrogens is 2. The van der Waals surface area contributed by atoms with Gasteiger partial charge in [0.25, 0.3) is 0 Å². The number of carbonyl (C=O) groups is 1. The maximum Gasteiger partial charge on any atom is 0.417 e. The first kappa shape index (κ1) is 23.2. The second kappa shape index (κ2) is 10.3. The van der Waals surface area contributed by atoms with Crippen molar-refractivity contribution in [2.75, 3.05) is 32.6 Å². The van der Waals surface area contributed by atoms with E-state index >= 15 is 0 Å². The lowest BCUT2D eigenvalue weighted by molar-refractivity contribution is 0.215. The smallest absolute Gasteiger partial charge is 0.417 e. The number of likely N-dealkylation sites (N-methyl/N-ethyl adjacent to an activating group) is 1. The fraction of sp³-hybridized carbons (Fsp3) is 0.222. The number of rotatable bonds is 7. The van der Waals surface area contributed by atoms with Crippen LogP contribution in [0, 0.1) is 13.8 Å². The zero-order chi connectivity index (χ0) is 24.1. The van der Waals surface area contributed by atoms with E-state index in [9.17, 15) is 4.79 Å². The van der Waals surface area contributed by atoms with Gasteiger partial charge in [0.1, 0.15) is 23.4 Å². The lowest BCUT2D eigenvalue weighted by atomic mass is 9.94. The van der Waals surface area contributed by atoms with Crippen LogP contribution in [0.2, 0.25) is 0 Å². The van der Waals surface area contributed by atoms with Gasteiger partial charge in [0, 0.05) is 30.2 Å². The average Bonchev–Trinajstić information content (AvgIpc) is 2.81. The highest BCUT2D eigenvalue weighted by molar-refractivity contribution is 5.98. The van der Waals surface area contributed by atoms with Crippen LogP contribution in [0.15, 0.2) is 67.0 Å². The summed E-state index contributed by atoms with van der Waals surface area (Å²) < 4.78 is 11.3. The summed E-state index contributed by atoms with van der Waals surface area (Å²) in [6, 6.07) is 17.0.